The molecule has 0 spiro atoms. The van der Waals surface area contributed by atoms with Gasteiger partial charge in [0.2, 0.25) is 5.91 Å². The van der Waals surface area contributed by atoms with E-state index in [1.165, 1.54) is 7.11 Å². The minimum absolute atomic E-state index is 0.122. The summed E-state index contributed by atoms with van der Waals surface area (Å²) in [6, 6.07) is 19.3. The fourth-order valence-corrected chi connectivity index (χ4v) is 3.90. The molecule has 7 nitrogen and oxygen atoms in total. The van der Waals surface area contributed by atoms with Crippen LogP contribution in [0.1, 0.15) is 22.3 Å². The topological polar surface area (TPSA) is 97.4 Å². The minimum atomic E-state index is -0.739. The highest BCUT2D eigenvalue weighted by molar-refractivity contribution is 7.98. The van der Waals surface area contributed by atoms with Crippen LogP contribution in [0.2, 0.25) is 0 Å². The SMILES string of the molecule is COC(=O)[C@H](CCSC)NC(=O)c1ccc(CC(=O)Nc2ccccn2)cc1-c1ccccc1. The van der Waals surface area contributed by atoms with E-state index in [0.29, 0.717) is 29.1 Å². The number of ether oxygens (including phenoxy) is 1. The van der Waals surface area contributed by atoms with Crippen LogP contribution < -0.4 is 10.6 Å². The summed E-state index contributed by atoms with van der Waals surface area (Å²) in [5, 5.41) is 5.58. The van der Waals surface area contributed by atoms with Crippen LogP contribution in [-0.4, -0.2) is 47.9 Å². The molecule has 2 amide bonds. The van der Waals surface area contributed by atoms with Crippen LogP contribution in [0.3, 0.4) is 0 Å². The Labute approximate surface area is 203 Å². The maximum absolute atomic E-state index is 13.2. The number of rotatable bonds is 10. The summed E-state index contributed by atoms with van der Waals surface area (Å²) in [5.74, 6) is 0.116. The highest BCUT2D eigenvalue weighted by Gasteiger charge is 2.23. The second-order valence-electron chi connectivity index (χ2n) is 7.52. The molecule has 0 saturated heterocycles. The first-order valence-corrected chi connectivity index (χ1v) is 12.2. The minimum Gasteiger partial charge on any atom is -0.467 e. The standard InChI is InChI=1S/C26H27N3O4S/c1-33-26(32)22(13-15-34-2)28-25(31)20-12-11-18(16-21(20)19-8-4-3-5-9-19)17-24(30)29-23-10-6-7-14-27-23/h3-12,14,16,22H,13,15,17H2,1-2H3,(H,28,31)(H,27,29,30)/t22-/m0/s1. The number of methoxy groups -OCH3 is 1. The van der Waals surface area contributed by atoms with Gasteiger partial charge in [0.05, 0.1) is 13.5 Å². The number of anilines is 1. The van der Waals surface area contributed by atoms with Gasteiger partial charge in [-0.3, -0.25) is 9.59 Å². The van der Waals surface area contributed by atoms with Crippen molar-refractivity contribution in [3.63, 3.8) is 0 Å². The highest BCUT2D eigenvalue weighted by atomic mass is 32.2. The van der Waals surface area contributed by atoms with Gasteiger partial charge in [-0.2, -0.15) is 11.8 Å². The lowest BCUT2D eigenvalue weighted by Gasteiger charge is -2.18. The average Bonchev–Trinajstić information content (AvgIpc) is 2.87. The van der Waals surface area contributed by atoms with Crippen LogP contribution in [0.5, 0.6) is 0 Å². The molecule has 176 valence electrons. The Morgan fingerprint density at radius 3 is 2.47 bits per heavy atom. The molecule has 0 aliphatic heterocycles. The maximum atomic E-state index is 13.2. The molecule has 1 atom stereocenters. The Hall–Kier alpha value is -3.65. The van der Waals surface area contributed by atoms with Crippen molar-refractivity contribution in [1.82, 2.24) is 10.3 Å². The molecule has 8 heteroatoms. The number of aromatic nitrogens is 1. The van der Waals surface area contributed by atoms with Crippen molar-refractivity contribution in [2.75, 3.05) is 24.4 Å². The van der Waals surface area contributed by atoms with E-state index in [4.69, 9.17) is 4.74 Å². The van der Waals surface area contributed by atoms with E-state index in [9.17, 15) is 14.4 Å². The molecule has 0 saturated carbocycles. The van der Waals surface area contributed by atoms with Crippen molar-refractivity contribution in [2.24, 2.45) is 0 Å². The Morgan fingerprint density at radius 1 is 1.03 bits per heavy atom. The monoisotopic (exact) mass is 477 g/mol. The molecule has 0 radical (unpaired) electrons. The van der Waals surface area contributed by atoms with E-state index in [1.807, 2.05) is 42.7 Å². The summed E-state index contributed by atoms with van der Waals surface area (Å²) in [4.78, 5) is 42.0. The Balaban J connectivity index is 1.86. The van der Waals surface area contributed by atoms with Crippen LogP contribution in [-0.2, 0) is 20.7 Å². The Morgan fingerprint density at radius 2 is 1.79 bits per heavy atom. The van der Waals surface area contributed by atoms with Crippen molar-refractivity contribution >= 4 is 35.4 Å². The summed E-state index contributed by atoms with van der Waals surface area (Å²) in [7, 11) is 1.31. The van der Waals surface area contributed by atoms with E-state index in [1.54, 1.807) is 48.3 Å². The third-order valence-electron chi connectivity index (χ3n) is 5.11. The van der Waals surface area contributed by atoms with Crippen LogP contribution in [0.25, 0.3) is 11.1 Å². The average molecular weight is 478 g/mol. The number of hydrogen-bond donors (Lipinski definition) is 2. The van der Waals surface area contributed by atoms with Crippen molar-refractivity contribution in [3.05, 3.63) is 84.1 Å². The summed E-state index contributed by atoms with van der Waals surface area (Å²) in [5.41, 5.74) is 2.67. The zero-order valence-corrected chi connectivity index (χ0v) is 19.9. The summed E-state index contributed by atoms with van der Waals surface area (Å²) >= 11 is 1.59. The lowest BCUT2D eigenvalue weighted by atomic mass is 9.95. The van der Waals surface area contributed by atoms with Gasteiger partial charge in [0.25, 0.3) is 5.91 Å². The number of carbonyl (C=O) groups excluding carboxylic acids is 3. The van der Waals surface area contributed by atoms with Gasteiger partial charge in [-0.1, -0.05) is 42.5 Å². The van der Waals surface area contributed by atoms with Gasteiger partial charge in [0, 0.05) is 11.8 Å². The van der Waals surface area contributed by atoms with Crippen molar-refractivity contribution in [3.8, 4) is 11.1 Å². The number of amides is 2. The highest BCUT2D eigenvalue weighted by Crippen LogP contribution is 2.26. The van der Waals surface area contributed by atoms with Gasteiger partial charge in [-0.25, -0.2) is 9.78 Å². The zero-order valence-electron chi connectivity index (χ0n) is 19.1. The van der Waals surface area contributed by atoms with E-state index < -0.39 is 12.0 Å². The number of nitrogens with zero attached hydrogens (tertiary/aromatic N) is 1. The van der Waals surface area contributed by atoms with E-state index >= 15 is 0 Å². The Kier molecular flexibility index (Phi) is 9.22. The lowest BCUT2D eigenvalue weighted by molar-refractivity contribution is -0.142. The molecule has 3 aromatic rings. The number of thioether (sulfide) groups is 1. The van der Waals surface area contributed by atoms with E-state index in [-0.39, 0.29) is 18.2 Å². The first-order chi connectivity index (χ1) is 16.5. The number of hydrogen-bond acceptors (Lipinski definition) is 6. The third kappa shape index (κ3) is 6.92. The fourth-order valence-electron chi connectivity index (χ4n) is 3.43. The number of pyridine rings is 1. The number of benzene rings is 2. The molecule has 34 heavy (non-hydrogen) atoms. The molecule has 1 heterocycles. The molecule has 0 fully saturated rings. The molecule has 2 aromatic carbocycles. The molecule has 0 aliphatic carbocycles. The molecular weight excluding hydrogens is 450 g/mol. The van der Waals surface area contributed by atoms with E-state index in [2.05, 4.69) is 15.6 Å². The number of esters is 1. The third-order valence-corrected chi connectivity index (χ3v) is 5.76. The van der Waals surface area contributed by atoms with Crippen LogP contribution in [0, 0.1) is 0 Å². The van der Waals surface area contributed by atoms with Gasteiger partial charge in [-0.05, 0) is 59.4 Å². The maximum Gasteiger partial charge on any atom is 0.328 e. The molecule has 0 unspecified atom stereocenters. The second kappa shape index (κ2) is 12.6. The molecule has 0 aliphatic rings. The summed E-state index contributed by atoms with van der Waals surface area (Å²) < 4.78 is 4.86. The van der Waals surface area contributed by atoms with Crippen molar-refractivity contribution in [2.45, 2.75) is 18.9 Å². The Bertz CT molecular complexity index is 1120. The number of carbonyl (C=O) groups is 3. The van der Waals surface area contributed by atoms with Gasteiger partial charge >= 0.3 is 5.97 Å². The van der Waals surface area contributed by atoms with E-state index in [0.717, 1.165) is 11.1 Å². The quantitative estimate of drug-likeness (QED) is 0.429. The zero-order chi connectivity index (χ0) is 24.3. The van der Waals surface area contributed by atoms with Crippen molar-refractivity contribution in [1.29, 1.82) is 0 Å². The lowest BCUT2D eigenvalue weighted by Crippen LogP contribution is -2.42. The van der Waals surface area contributed by atoms with Gasteiger partial charge in [-0.15, -0.1) is 0 Å². The van der Waals surface area contributed by atoms with Crippen LogP contribution in [0.4, 0.5) is 5.82 Å². The van der Waals surface area contributed by atoms with Gasteiger partial charge in [0.15, 0.2) is 0 Å². The van der Waals surface area contributed by atoms with Gasteiger partial charge in [0.1, 0.15) is 11.9 Å². The molecule has 0 bridgehead atoms. The largest absolute Gasteiger partial charge is 0.467 e. The predicted molar refractivity (Wildman–Crippen MR) is 135 cm³/mol. The predicted octanol–water partition coefficient (Wildman–Crippen LogP) is 3.95. The first-order valence-electron chi connectivity index (χ1n) is 10.8. The summed E-state index contributed by atoms with van der Waals surface area (Å²) in [6.45, 7) is 0. The normalized spacial score (nSPS) is 11.4. The smallest absolute Gasteiger partial charge is 0.328 e. The first kappa shape index (κ1) is 25.0. The second-order valence-corrected chi connectivity index (χ2v) is 8.50. The molecule has 2 N–H and O–H groups in total. The van der Waals surface area contributed by atoms with Crippen molar-refractivity contribution < 1.29 is 19.1 Å². The fraction of sp³-hybridized carbons (Fsp3) is 0.231. The van der Waals surface area contributed by atoms with Crippen LogP contribution >= 0.6 is 11.8 Å². The van der Waals surface area contributed by atoms with Gasteiger partial charge < -0.3 is 15.4 Å². The van der Waals surface area contributed by atoms with Crippen LogP contribution in [0.15, 0.2) is 72.9 Å². The molecular formula is C26H27N3O4S. The molecule has 1 aromatic heterocycles. The summed E-state index contributed by atoms with van der Waals surface area (Å²) in [6.07, 6.45) is 4.13. The number of nitrogens with one attached hydrogen (secondary N) is 2. The molecule has 3 rings (SSSR count).